The lowest BCUT2D eigenvalue weighted by Gasteiger charge is -2.07. The number of furan rings is 1. The highest BCUT2D eigenvalue weighted by Crippen LogP contribution is 2.12. The zero-order valence-electron chi connectivity index (χ0n) is 11.1. The van der Waals surface area contributed by atoms with Gasteiger partial charge in [-0.3, -0.25) is 0 Å². The lowest BCUT2D eigenvalue weighted by Crippen LogP contribution is -2.09. The maximum Gasteiger partial charge on any atom is 0.123 e. The standard InChI is InChI=1S/C15H19NO3/c1-16-11-15-13(7-8-19-15)12-17-9-10-18-14-5-3-2-4-6-14/h2-8,16H,9-12H2,1H3. The van der Waals surface area contributed by atoms with Crippen LogP contribution in [-0.4, -0.2) is 20.3 Å². The SMILES string of the molecule is CNCc1occc1COCCOc1ccccc1. The van der Waals surface area contributed by atoms with Crippen molar-refractivity contribution in [3.05, 3.63) is 54.0 Å². The maximum absolute atomic E-state index is 5.57. The van der Waals surface area contributed by atoms with Gasteiger partial charge in [-0.05, 0) is 25.2 Å². The molecule has 0 atom stereocenters. The molecule has 0 aliphatic heterocycles. The molecule has 0 fully saturated rings. The highest BCUT2D eigenvalue weighted by atomic mass is 16.5. The molecule has 1 N–H and O–H groups in total. The number of hydrogen-bond acceptors (Lipinski definition) is 4. The third kappa shape index (κ3) is 4.43. The second-order valence-corrected chi connectivity index (χ2v) is 4.11. The Kier molecular flexibility index (Phi) is 5.47. The van der Waals surface area contributed by atoms with Crippen molar-refractivity contribution in [2.75, 3.05) is 20.3 Å². The first kappa shape index (κ1) is 13.6. The molecular weight excluding hydrogens is 242 g/mol. The van der Waals surface area contributed by atoms with Gasteiger partial charge < -0.3 is 19.2 Å². The molecule has 0 bridgehead atoms. The minimum Gasteiger partial charge on any atom is -0.491 e. The summed E-state index contributed by atoms with van der Waals surface area (Å²) in [5.74, 6) is 1.79. The number of ether oxygens (including phenoxy) is 2. The summed E-state index contributed by atoms with van der Waals surface area (Å²) < 4.78 is 16.5. The predicted octanol–water partition coefficient (Wildman–Crippen LogP) is 2.59. The van der Waals surface area contributed by atoms with Crippen LogP contribution in [0.1, 0.15) is 11.3 Å². The van der Waals surface area contributed by atoms with Crippen LogP contribution in [0.15, 0.2) is 47.1 Å². The van der Waals surface area contributed by atoms with Crippen LogP contribution < -0.4 is 10.1 Å². The molecule has 19 heavy (non-hydrogen) atoms. The summed E-state index contributed by atoms with van der Waals surface area (Å²) in [5, 5.41) is 3.06. The molecule has 4 heteroatoms. The summed E-state index contributed by atoms with van der Waals surface area (Å²) >= 11 is 0. The van der Waals surface area contributed by atoms with Gasteiger partial charge in [0, 0.05) is 5.56 Å². The fourth-order valence-corrected chi connectivity index (χ4v) is 1.73. The molecule has 1 aromatic carbocycles. The van der Waals surface area contributed by atoms with Crippen molar-refractivity contribution in [1.29, 1.82) is 0 Å². The molecule has 4 nitrogen and oxygen atoms in total. The summed E-state index contributed by atoms with van der Waals surface area (Å²) in [6.07, 6.45) is 1.69. The topological polar surface area (TPSA) is 43.6 Å². The van der Waals surface area contributed by atoms with E-state index in [0.717, 1.165) is 17.1 Å². The molecule has 0 saturated heterocycles. The van der Waals surface area contributed by atoms with Crippen molar-refractivity contribution in [1.82, 2.24) is 5.32 Å². The number of benzene rings is 1. The van der Waals surface area contributed by atoms with Crippen LogP contribution in [0.25, 0.3) is 0 Å². The first-order chi connectivity index (χ1) is 9.40. The molecule has 0 aliphatic carbocycles. The number of hydrogen-bond donors (Lipinski definition) is 1. The van der Waals surface area contributed by atoms with Crippen LogP contribution in [0.5, 0.6) is 5.75 Å². The first-order valence-corrected chi connectivity index (χ1v) is 6.35. The second kappa shape index (κ2) is 7.61. The maximum atomic E-state index is 5.57. The normalized spacial score (nSPS) is 10.6. The average Bonchev–Trinajstić information content (AvgIpc) is 2.88. The molecule has 2 rings (SSSR count). The highest BCUT2D eigenvalue weighted by Gasteiger charge is 2.05. The van der Waals surface area contributed by atoms with Gasteiger partial charge in [-0.2, -0.15) is 0 Å². The second-order valence-electron chi connectivity index (χ2n) is 4.11. The quantitative estimate of drug-likeness (QED) is 0.742. The lowest BCUT2D eigenvalue weighted by atomic mass is 10.2. The van der Waals surface area contributed by atoms with Gasteiger partial charge in [0.2, 0.25) is 0 Å². The minimum atomic E-state index is 0.545. The number of para-hydroxylation sites is 1. The van der Waals surface area contributed by atoms with Crippen LogP contribution in [-0.2, 0) is 17.9 Å². The van der Waals surface area contributed by atoms with E-state index in [-0.39, 0.29) is 0 Å². The van der Waals surface area contributed by atoms with E-state index in [1.165, 1.54) is 0 Å². The summed E-state index contributed by atoms with van der Waals surface area (Å²) in [4.78, 5) is 0. The molecule has 0 saturated carbocycles. The summed E-state index contributed by atoms with van der Waals surface area (Å²) in [5.41, 5.74) is 1.08. The van der Waals surface area contributed by atoms with E-state index in [2.05, 4.69) is 5.32 Å². The van der Waals surface area contributed by atoms with Gasteiger partial charge in [-0.15, -0.1) is 0 Å². The Labute approximate surface area is 113 Å². The van der Waals surface area contributed by atoms with E-state index in [9.17, 15) is 0 Å². The molecule has 1 aromatic heterocycles. The van der Waals surface area contributed by atoms with E-state index in [1.54, 1.807) is 6.26 Å². The predicted molar refractivity (Wildman–Crippen MR) is 73.1 cm³/mol. The Balaban J connectivity index is 1.65. The average molecular weight is 261 g/mol. The van der Waals surface area contributed by atoms with Crippen molar-refractivity contribution < 1.29 is 13.9 Å². The molecule has 0 aliphatic rings. The summed E-state index contributed by atoms with van der Waals surface area (Å²) in [6, 6.07) is 11.7. The molecule has 0 radical (unpaired) electrons. The fourth-order valence-electron chi connectivity index (χ4n) is 1.73. The lowest BCUT2D eigenvalue weighted by molar-refractivity contribution is 0.0879. The van der Waals surface area contributed by atoms with E-state index in [4.69, 9.17) is 13.9 Å². The van der Waals surface area contributed by atoms with Gasteiger partial charge in [-0.25, -0.2) is 0 Å². The van der Waals surface area contributed by atoms with Crippen molar-refractivity contribution in [3.8, 4) is 5.75 Å². The van der Waals surface area contributed by atoms with Crippen LogP contribution in [0.3, 0.4) is 0 Å². The van der Waals surface area contributed by atoms with Crippen molar-refractivity contribution in [2.24, 2.45) is 0 Å². The van der Waals surface area contributed by atoms with Crippen molar-refractivity contribution in [2.45, 2.75) is 13.2 Å². The Morgan fingerprint density at radius 2 is 1.95 bits per heavy atom. The molecule has 0 amide bonds. The van der Waals surface area contributed by atoms with Gasteiger partial charge in [0.15, 0.2) is 0 Å². The largest absolute Gasteiger partial charge is 0.491 e. The molecule has 0 unspecified atom stereocenters. The number of rotatable bonds is 8. The van der Waals surface area contributed by atoms with E-state index in [1.807, 2.05) is 43.4 Å². The van der Waals surface area contributed by atoms with Gasteiger partial charge in [0.25, 0.3) is 0 Å². The Bertz CT molecular complexity index is 467. The Morgan fingerprint density at radius 1 is 1.11 bits per heavy atom. The minimum absolute atomic E-state index is 0.545. The van der Waals surface area contributed by atoms with E-state index < -0.39 is 0 Å². The zero-order valence-corrected chi connectivity index (χ0v) is 11.1. The monoisotopic (exact) mass is 261 g/mol. The summed E-state index contributed by atoms with van der Waals surface area (Å²) in [7, 11) is 1.89. The smallest absolute Gasteiger partial charge is 0.123 e. The molecule has 2 aromatic rings. The van der Waals surface area contributed by atoms with Gasteiger partial charge in [0.05, 0.1) is 26.0 Å². The van der Waals surface area contributed by atoms with Crippen LogP contribution in [0, 0.1) is 0 Å². The first-order valence-electron chi connectivity index (χ1n) is 6.35. The number of nitrogens with one attached hydrogen (secondary N) is 1. The molecule has 1 heterocycles. The fraction of sp³-hybridized carbons (Fsp3) is 0.333. The summed E-state index contributed by atoms with van der Waals surface area (Å²) in [6.45, 7) is 2.36. The van der Waals surface area contributed by atoms with Gasteiger partial charge >= 0.3 is 0 Å². The third-order valence-corrected chi connectivity index (χ3v) is 2.67. The van der Waals surface area contributed by atoms with Gasteiger partial charge in [-0.1, -0.05) is 18.2 Å². The van der Waals surface area contributed by atoms with E-state index in [0.29, 0.717) is 26.4 Å². The zero-order chi connectivity index (χ0) is 13.3. The Morgan fingerprint density at radius 3 is 2.74 bits per heavy atom. The molecule has 102 valence electrons. The third-order valence-electron chi connectivity index (χ3n) is 2.67. The van der Waals surface area contributed by atoms with Crippen LogP contribution in [0.2, 0.25) is 0 Å². The van der Waals surface area contributed by atoms with Crippen LogP contribution in [0.4, 0.5) is 0 Å². The molecule has 0 spiro atoms. The Hall–Kier alpha value is -1.78. The van der Waals surface area contributed by atoms with Crippen LogP contribution >= 0.6 is 0 Å². The molecular formula is C15H19NO3. The highest BCUT2D eigenvalue weighted by molar-refractivity contribution is 5.20. The van der Waals surface area contributed by atoms with Gasteiger partial charge in [0.1, 0.15) is 18.1 Å². The van der Waals surface area contributed by atoms with E-state index >= 15 is 0 Å². The van der Waals surface area contributed by atoms with Crippen molar-refractivity contribution >= 4 is 0 Å². The van der Waals surface area contributed by atoms with Crippen molar-refractivity contribution in [3.63, 3.8) is 0 Å².